The van der Waals surface area contributed by atoms with E-state index in [2.05, 4.69) is 17.9 Å². The predicted octanol–water partition coefficient (Wildman–Crippen LogP) is 6.70. The first kappa shape index (κ1) is 41.2. The van der Waals surface area contributed by atoms with Gasteiger partial charge in [0, 0.05) is 44.7 Å². The van der Waals surface area contributed by atoms with Crippen LogP contribution in [0.2, 0.25) is 0 Å². The van der Waals surface area contributed by atoms with Crippen LogP contribution in [0.4, 0.5) is 4.39 Å². The van der Waals surface area contributed by atoms with Gasteiger partial charge in [0.2, 0.25) is 17.6 Å². The molecule has 1 aromatic heterocycles. The summed E-state index contributed by atoms with van der Waals surface area (Å²) in [4.78, 5) is 35.2. The fourth-order valence-electron chi connectivity index (χ4n) is 2.70. The van der Waals surface area contributed by atoms with Crippen molar-refractivity contribution in [2.45, 2.75) is 60.0 Å². The summed E-state index contributed by atoms with van der Waals surface area (Å²) in [5, 5.41) is 8.55. The average molecular weight is 622 g/mol. The van der Waals surface area contributed by atoms with Crippen LogP contribution < -0.4 is 4.74 Å². The Balaban J connectivity index is 0. The van der Waals surface area contributed by atoms with Gasteiger partial charge in [0.05, 0.1) is 25.4 Å². The smallest absolute Gasteiger partial charge is 0.292 e. The maximum Gasteiger partial charge on any atom is 0.292 e. The van der Waals surface area contributed by atoms with Gasteiger partial charge in [-0.05, 0) is 51.3 Å². The van der Waals surface area contributed by atoms with Gasteiger partial charge in [0.15, 0.2) is 12.0 Å². The van der Waals surface area contributed by atoms with Crippen LogP contribution in [0.1, 0.15) is 62.2 Å². The quantitative estimate of drug-likeness (QED) is 0.132. The Morgan fingerprint density at radius 3 is 2.16 bits per heavy atom. The number of nitriles is 1. The van der Waals surface area contributed by atoms with Crippen molar-refractivity contribution < 1.29 is 32.7 Å². The van der Waals surface area contributed by atoms with E-state index >= 15 is 0 Å². The molecule has 2 aromatic rings. The van der Waals surface area contributed by atoms with E-state index in [0.717, 1.165) is 32.5 Å². The van der Waals surface area contributed by atoms with Crippen molar-refractivity contribution in [1.82, 2.24) is 9.80 Å². The van der Waals surface area contributed by atoms with Crippen LogP contribution in [0, 0.1) is 24.3 Å². The van der Waals surface area contributed by atoms with Gasteiger partial charge >= 0.3 is 0 Å². The Bertz CT molecular complexity index is 1150. The summed E-state index contributed by atoms with van der Waals surface area (Å²) in [6.07, 6.45) is 7.58. The minimum Gasteiger partial charge on any atom is -0.457 e. The van der Waals surface area contributed by atoms with Crippen molar-refractivity contribution in [3.05, 3.63) is 77.5 Å². The Kier molecular flexibility index (Phi) is 23.6. The third-order valence-corrected chi connectivity index (χ3v) is 5.49. The molecule has 1 saturated heterocycles. The predicted molar refractivity (Wildman–Crippen MR) is 167 cm³/mol. The Morgan fingerprint density at radius 2 is 1.79 bits per heavy atom. The zero-order chi connectivity index (χ0) is 33.4. The Labute approximate surface area is 260 Å². The number of halogens is 2. The molecular weight excluding hydrogens is 577 g/mol. The Hall–Kier alpha value is -3.94. The van der Waals surface area contributed by atoms with Gasteiger partial charge in [-0.2, -0.15) is 0 Å². The molecule has 43 heavy (non-hydrogen) atoms. The van der Waals surface area contributed by atoms with Crippen LogP contribution >= 0.6 is 11.6 Å². The second-order valence-corrected chi connectivity index (χ2v) is 9.67. The van der Waals surface area contributed by atoms with Gasteiger partial charge < -0.3 is 23.7 Å². The maximum atomic E-state index is 12.2. The van der Waals surface area contributed by atoms with Gasteiger partial charge in [0.1, 0.15) is 5.82 Å². The molecular formula is C32H45ClFN3O6. The minimum absolute atomic E-state index is 0.0454. The van der Waals surface area contributed by atoms with Gasteiger partial charge in [-0.1, -0.05) is 43.3 Å². The van der Waals surface area contributed by atoms with Crippen LogP contribution in [-0.2, 0) is 20.7 Å². The third-order valence-electron chi connectivity index (χ3n) is 5.35. The third kappa shape index (κ3) is 21.4. The molecule has 0 N–H and O–H groups in total. The lowest BCUT2D eigenvalue weighted by molar-refractivity contribution is -0.130. The lowest BCUT2D eigenvalue weighted by atomic mass is 10.2. The van der Waals surface area contributed by atoms with E-state index in [1.807, 2.05) is 20.8 Å². The molecule has 1 fully saturated rings. The van der Waals surface area contributed by atoms with E-state index in [-0.39, 0.29) is 35.6 Å². The van der Waals surface area contributed by atoms with E-state index in [9.17, 15) is 18.8 Å². The number of ether oxygens (including phenoxy) is 2. The first-order valence-electron chi connectivity index (χ1n) is 13.6. The lowest BCUT2D eigenvalue weighted by Gasteiger charge is -2.20. The number of allylic oxidation sites excluding steroid dienone is 1. The largest absolute Gasteiger partial charge is 0.457 e. The monoisotopic (exact) mass is 621 g/mol. The molecule has 1 aliphatic heterocycles. The highest BCUT2D eigenvalue weighted by Crippen LogP contribution is 2.23. The number of nitrogens with zero attached hydrogens (tertiary/aromatic N) is 3. The topological polar surface area (TPSA) is 116 Å². The molecule has 9 nitrogen and oxygen atoms in total. The number of furan rings is 1. The zero-order valence-electron chi connectivity index (χ0n) is 26.3. The molecule has 0 radical (unpaired) electrons. The number of carbonyl (C=O) groups is 3. The van der Waals surface area contributed by atoms with E-state index in [4.69, 9.17) is 26.0 Å². The second-order valence-electron chi connectivity index (χ2n) is 9.14. The van der Waals surface area contributed by atoms with Crippen molar-refractivity contribution in [3.8, 4) is 12.0 Å². The van der Waals surface area contributed by atoms with Crippen LogP contribution in [0.15, 0.2) is 59.2 Å². The van der Waals surface area contributed by atoms with Crippen molar-refractivity contribution in [3.63, 3.8) is 0 Å². The number of aldehydes is 1. The number of amides is 2. The highest BCUT2D eigenvalue weighted by molar-refractivity contribution is 6.30. The summed E-state index contributed by atoms with van der Waals surface area (Å²) in [6, 6.07) is 6.57. The van der Waals surface area contributed by atoms with Gasteiger partial charge in [-0.3, -0.25) is 14.4 Å². The molecule has 0 spiro atoms. The highest BCUT2D eigenvalue weighted by Gasteiger charge is 2.23. The fraction of sp³-hybridized carbons (Fsp3) is 0.438. The van der Waals surface area contributed by atoms with E-state index in [1.165, 1.54) is 42.0 Å². The molecule has 1 aliphatic rings. The molecule has 3 rings (SSSR count). The first-order chi connectivity index (χ1) is 20.3. The summed E-state index contributed by atoms with van der Waals surface area (Å²) in [5.74, 6) is 0.224. The molecule has 238 valence electrons. The summed E-state index contributed by atoms with van der Waals surface area (Å²) < 4.78 is 26.5. The number of hydrogen-bond acceptors (Lipinski definition) is 7. The average Bonchev–Trinajstić information content (AvgIpc) is 3.72. The number of benzene rings is 1. The molecule has 0 bridgehead atoms. The molecule has 1 unspecified atom stereocenters. The second kappa shape index (κ2) is 24.6. The molecule has 2 heterocycles. The summed E-state index contributed by atoms with van der Waals surface area (Å²) >= 11 is 5.58. The molecule has 1 atom stereocenters. The summed E-state index contributed by atoms with van der Waals surface area (Å²) in [7, 11) is 3.45. The summed E-state index contributed by atoms with van der Waals surface area (Å²) in [6.45, 7) is 18.3. The Morgan fingerprint density at radius 1 is 1.26 bits per heavy atom. The van der Waals surface area contributed by atoms with E-state index < -0.39 is 0 Å². The normalized spacial score (nSPS) is 11.9. The van der Waals surface area contributed by atoms with Crippen LogP contribution in [0.25, 0.3) is 0 Å². The van der Waals surface area contributed by atoms with Crippen molar-refractivity contribution in [2.75, 3.05) is 33.8 Å². The fourth-order valence-corrected chi connectivity index (χ4v) is 2.81. The van der Waals surface area contributed by atoms with Gasteiger partial charge in [-0.25, -0.2) is 4.39 Å². The molecule has 11 heteroatoms. The van der Waals surface area contributed by atoms with Crippen LogP contribution in [0.3, 0.4) is 0 Å². The standard InChI is InChI=1S/C10H16ClNO2.C8H9F.C7H5NO3.C4H9NO.C3H6/c1-3-12(5-4-9-7-14-9)10(13)6-8(2)11;1-2-7-3-5-8(9)6-4-7;1-5-3-10-6(2-9)7(5)11-4-8;1-4(6)5(2)3;1-3-2/h9H,2-7H2,1H3;3-6H,2H2,1H3;2-3H,1H3;1-3H3;3H,1H2,2H3. The number of carbonyl (C=O) groups excluding carboxylic acids is 3. The molecule has 2 amide bonds. The maximum absolute atomic E-state index is 12.2. The number of rotatable bonds is 9. The number of epoxide rings is 1. The van der Waals surface area contributed by atoms with Crippen LogP contribution in [-0.4, -0.2) is 67.8 Å². The molecule has 1 aromatic carbocycles. The highest BCUT2D eigenvalue weighted by atomic mass is 35.5. The van der Waals surface area contributed by atoms with Crippen molar-refractivity contribution in [2.24, 2.45) is 0 Å². The van der Waals surface area contributed by atoms with Crippen LogP contribution in [0.5, 0.6) is 5.75 Å². The van der Waals surface area contributed by atoms with Gasteiger partial charge in [-0.15, -0.1) is 11.8 Å². The zero-order valence-corrected chi connectivity index (χ0v) is 27.1. The number of hydrogen-bond donors (Lipinski definition) is 0. The van der Waals surface area contributed by atoms with Gasteiger partial charge in [0.25, 0.3) is 6.26 Å². The summed E-state index contributed by atoms with van der Waals surface area (Å²) in [5.41, 5.74) is 1.81. The van der Waals surface area contributed by atoms with E-state index in [0.29, 0.717) is 23.0 Å². The number of aryl methyl sites for hydroxylation is 2. The van der Waals surface area contributed by atoms with E-state index in [1.54, 1.807) is 44.1 Å². The lowest BCUT2D eigenvalue weighted by Crippen LogP contribution is -2.32. The molecule has 0 saturated carbocycles. The minimum atomic E-state index is -0.160. The van der Waals surface area contributed by atoms with Crippen molar-refractivity contribution in [1.29, 1.82) is 5.26 Å². The first-order valence-corrected chi connectivity index (χ1v) is 14.0. The SMILES string of the molecule is C=C(Cl)CC(=O)N(CC)CCC1CO1.C=CC.CC(=O)N(C)C.CCc1ccc(F)cc1.Cc1coc(C=O)c1OC#N. The van der Waals surface area contributed by atoms with Crippen molar-refractivity contribution >= 4 is 29.7 Å². The molecule has 0 aliphatic carbocycles.